The van der Waals surface area contributed by atoms with Gasteiger partial charge in [0.2, 0.25) is 0 Å². The van der Waals surface area contributed by atoms with Crippen LogP contribution in [0.1, 0.15) is 22.5 Å². The standard InChI is InChI=1S/C19H17Cl2N3O3/c20-14-9-4-10-15-16(14)13(17(18(25)26)24(15)21)8-5-11-22-19(27)23-12-6-2-1-3-7-12/h1-4,6-7,9-10H,5,8,11H2,(H,25,26)(H2,22,23,27). The zero-order valence-corrected chi connectivity index (χ0v) is 15.7. The van der Waals surface area contributed by atoms with Crippen molar-refractivity contribution in [3.8, 4) is 0 Å². The van der Waals surface area contributed by atoms with Crippen LogP contribution in [0.2, 0.25) is 5.02 Å². The van der Waals surface area contributed by atoms with E-state index in [2.05, 4.69) is 10.6 Å². The number of urea groups is 1. The van der Waals surface area contributed by atoms with Crippen molar-refractivity contribution in [2.45, 2.75) is 12.8 Å². The number of rotatable bonds is 6. The smallest absolute Gasteiger partial charge is 0.354 e. The zero-order valence-electron chi connectivity index (χ0n) is 14.2. The van der Waals surface area contributed by atoms with Crippen molar-refractivity contribution in [3.05, 3.63) is 64.8 Å². The molecule has 3 rings (SSSR count). The zero-order chi connectivity index (χ0) is 19.4. The lowest BCUT2D eigenvalue weighted by molar-refractivity contribution is 0.0688. The number of anilines is 1. The molecule has 0 saturated carbocycles. The molecule has 0 aliphatic carbocycles. The number of aromatic carboxylic acids is 1. The molecule has 0 atom stereocenters. The van der Waals surface area contributed by atoms with Crippen molar-refractivity contribution in [1.29, 1.82) is 0 Å². The highest BCUT2D eigenvalue weighted by Crippen LogP contribution is 2.33. The Kier molecular flexibility index (Phi) is 5.88. The molecule has 2 aromatic carbocycles. The molecule has 1 heterocycles. The van der Waals surface area contributed by atoms with Gasteiger partial charge >= 0.3 is 12.0 Å². The van der Waals surface area contributed by atoms with Gasteiger partial charge in [0, 0.05) is 29.4 Å². The number of carbonyl (C=O) groups is 2. The van der Waals surface area contributed by atoms with E-state index < -0.39 is 5.97 Å². The lowest BCUT2D eigenvalue weighted by Gasteiger charge is -2.08. The third-order valence-corrected chi connectivity index (χ3v) is 4.78. The number of benzene rings is 2. The van der Waals surface area contributed by atoms with Gasteiger partial charge in [-0.15, -0.1) is 0 Å². The first-order valence-electron chi connectivity index (χ1n) is 8.30. The topological polar surface area (TPSA) is 83.4 Å². The van der Waals surface area contributed by atoms with Crippen LogP contribution in [-0.2, 0) is 6.42 Å². The van der Waals surface area contributed by atoms with Gasteiger partial charge in [-0.25, -0.2) is 13.7 Å². The van der Waals surface area contributed by atoms with Crippen molar-refractivity contribution in [1.82, 2.24) is 9.40 Å². The molecule has 0 bridgehead atoms. The van der Waals surface area contributed by atoms with Crippen molar-refractivity contribution >= 4 is 52.0 Å². The average molecular weight is 406 g/mol. The first-order valence-corrected chi connectivity index (χ1v) is 9.01. The molecule has 0 saturated heterocycles. The fourth-order valence-electron chi connectivity index (χ4n) is 2.95. The lowest BCUT2D eigenvalue weighted by Crippen LogP contribution is -2.29. The minimum absolute atomic E-state index is 0.00602. The molecule has 6 nitrogen and oxygen atoms in total. The molecular formula is C19H17Cl2N3O3. The van der Waals surface area contributed by atoms with Gasteiger partial charge in [0.05, 0.1) is 10.5 Å². The van der Waals surface area contributed by atoms with Crippen molar-refractivity contribution in [2.24, 2.45) is 0 Å². The third kappa shape index (κ3) is 4.18. The molecule has 0 aliphatic heterocycles. The van der Waals surface area contributed by atoms with Gasteiger partial charge in [-0.3, -0.25) is 0 Å². The number of carboxylic acids is 1. The molecule has 0 unspecified atom stereocenters. The van der Waals surface area contributed by atoms with E-state index in [9.17, 15) is 14.7 Å². The maximum absolute atomic E-state index is 11.9. The average Bonchev–Trinajstić information content (AvgIpc) is 2.93. The Morgan fingerprint density at radius 2 is 1.81 bits per heavy atom. The molecule has 0 radical (unpaired) electrons. The predicted molar refractivity (Wildman–Crippen MR) is 107 cm³/mol. The Balaban J connectivity index is 1.67. The minimum atomic E-state index is -1.12. The summed E-state index contributed by atoms with van der Waals surface area (Å²) in [5.74, 6) is -1.12. The van der Waals surface area contributed by atoms with Crippen LogP contribution in [0.3, 0.4) is 0 Å². The maximum atomic E-state index is 11.9. The summed E-state index contributed by atoms with van der Waals surface area (Å²) in [5.41, 5.74) is 1.79. The van der Waals surface area contributed by atoms with Gasteiger partial charge in [-0.05, 0) is 42.7 Å². The number of amides is 2. The fraction of sp³-hybridized carbons (Fsp3) is 0.158. The van der Waals surface area contributed by atoms with E-state index in [0.29, 0.717) is 46.6 Å². The van der Waals surface area contributed by atoms with Crippen LogP contribution in [0.4, 0.5) is 10.5 Å². The quantitative estimate of drug-likeness (QED) is 0.517. The SMILES string of the molecule is O=C(NCCCc1c(C(=O)O)n(Cl)c2cccc(Cl)c12)Nc1ccccc1. The summed E-state index contributed by atoms with van der Waals surface area (Å²) in [4.78, 5) is 23.5. The number of fused-ring (bicyclic) bond motifs is 1. The van der Waals surface area contributed by atoms with E-state index in [1.807, 2.05) is 18.2 Å². The molecule has 0 fully saturated rings. The molecule has 0 spiro atoms. The van der Waals surface area contributed by atoms with E-state index >= 15 is 0 Å². The number of nitrogens with one attached hydrogen (secondary N) is 2. The summed E-state index contributed by atoms with van der Waals surface area (Å²) < 4.78 is 1.12. The Labute approximate surface area is 165 Å². The number of carbonyl (C=O) groups excluding carboxylic acids is 1. The number of aromatic nitrogens is 1. The van der Waals surface area contributed by atoms with Gasteiger partial charge in [-0.1, -0.05) is 35.9 Å². The number of hydrogen-bond donors (Lipinski definition) is 3. The first-order chi connectivity index (χ1) is 13.0. The van der Waals surface area contributed by atoms with Crippen LogP contribution >= 0.6 is 23.4 Å². The lowest BCUT2D eigenvalue weighted by atomic mass is 10.1. The van der Waals surface area contributed by atoms with E-state index in [0.717, 1.165) is 4.09 Å². The molecule has 1 aromatic heterocycles. The first kappa shape index (κ1) is 19.1. The fourth-order valence-corrected chi connectivity index (χ4v) is 3.55. The third-order valence-electron chi connectivity index (χ3n) is 4.11. The van der Waals surface area contributed by atoms with Crippen molar-refractivity contribution in [3.63, 3.8) is 0 Å². The summed E-state index contributed by atoms with van der Waals surface area (Å²) in [6, 6.07) is 13.9. The Morgan fingerprint density at radius 1 is 1.07 bits per heavy atom. The molecule has 27 heavy (non-hydrogen) atoms. The largest absolute Gasteiger partial charge is 0.477 e. The number of nitrogens with zero attached hydrogens (tertiary/aromatic N) is 1. The van der Waals surface area contributed by atoms with Crippen LogP contribution < -0.4 is 10.6 Å². The van der Waals surface area contributed by atoms with Crippen LogP contribution in [0.25, 0.3) is 10.9 Å². The normalized spacial score (nSPS) is 10.7. The van der Waals surface area contributed by atoms with Gasteiger partial charge < -0.3 is 15.7 Å². The van der Waals surface area contributed by atoms with E-state index in [4.69, 9.17) is 23.4 Å². The summed E-state index contributed by atoms with van der Waals surface area (Å²) in [7, 11) is 0. The summed E-state index contributed by atoms with van der Waals surface area (Å²) in [6.07, 6.45) is 0.941. The van der Waals surface area contributed by atoms with E-state index in [-0.39, 0.29) is 11.7 Å². The van der Waals surface area contributed by atoms with E-state index in [1.165, 1.54) is 0 Å². The van der Waals surface area contributed by atoms with E-state index in [1.54, 1.807) is 30.3 Å². The van der Waals surface area contributed by atoms with Gasteiger partial charge in [0.15, 0.2) is 0 Å². The molecule has 2 amide bonds. The van der Waals surface area contributed by atoms with Crippen molar-refractivity contribution in [2.75, 3.05) is 11.9 Å². The number of para-hydroxylation sites is 1. The molecule has 3 aromatic rings. The summed E-state index contributed by atoms with van der Waals surface area (Å²) in [6.45, 7) is 0.372. The molecule has 8 heteroatoms. The Morgan fingerprint density at radius 3 is 2.52 bits per heavy atom. The van der Waals surface area contributed by atoms with Crippen molar-refractivity contribution < 1.29 is 14.7 Å². The highest BCUT2D eigenvalue weighted by molar-refractivity contribution is 6.37. The van der Waals surface area contributed by atoms with Crippen LogP contribution in [0.15, 0.2) is 48.5 Å². The van der Waals surface area contributed by atoms with Crippen LogP contribution in [0, 0.1) is 0 Å². The summed E-state index contributed by atoms with van der Waals surface area (Å²) in [5, 5.41) is 16.1. The van der Waals surface area contributed by atoms with Crippen LogP contribution in [0.5, 0.6) is 0 Å². The van der Waals surface area contributed by atoms with Gasteiger partial charge in [0.1, 0.15) is 5.69 Å². The number of hydrogen-bond acceptors (Lipinski definition) is 2. The predicted octanol–water partition coefficient (Wildman–Crippen LogP) is 4.75. The number of aryl methyl sites for hydroxylation is 1. The molecule has 3 N–H and O–H groups in total. The second-order valence-corrected chi connectivity index (χ2v) is 6.64. The van der Waals surface area contributed by atoms with Gasteiger partial charge in [-0.2, -0.15) is 0 Å². The highest BCUT2D eigenvalue weighted by Gasteiger charge is 2.23. The monoisotopic (exact) mass is 405 g/mol. The number of halogens is 2. The maximum Gasteiger partial charge on any atom is 0.354 e. The second-order valence-electron chi connectivity index (χ2n) is 5.90. The minimum Gasteiger partial charge on any atom is -0.477 e. The molecule has 0 aliphatic rings. The van der Waals surface area contributed by atoms with Crippen LogP contribution in [-0.4, -0.2) is 27.7 Å². The molecule has 140 valence electrons. The summed E-state index contributed by atoms with van der Waals surface area (Å²) >= 11 is 12.4. The Bertz CT molecular complexity index is 987. The number of carboxylic acid groups (broad SMARTS) is 1. The highest BCUT2D eigenvalue weighted by atomic mass is 35.5. The molecular weight excluding hydrogens is 389 g/mol. The second kappa shape index (κ2) is 8.33. The van der Waals surface area contributed by atoms with Gasteiger partial charge in [0.25, 0.3) is 0 Å². The Hall–Kier alpha value is -2.70.